The molecular weight excluding hydrogens is 268 g/mol. The third-order valence-electron chi connectivity index (χ3n) is 3.54. The van der Waals surface area contributed by atoms with Crippen LogP contribution in [0.2, 0.25) is 0 Å². The van der Waals surface area contributed by atoms with Gasteiger partial charge in [-0.15, -0.1) is 0 Å². The van der Waals surface area contributed by atoms with E-state index in [1.165, 1.54) is 5.56 Å². The van der Waals surface area contributed by atoms with Crippen LogP contribution < -0.4 is 5.32 Å². The van der Waals surface area contributed by atoms with E-state index < -0.39 is 0 Å². The lowest BCUT2D eigenvalue weighted by Crippen LogP contribution is -2.22. The fourth-order valence-corrected chi connectivity index (χ4v) is 3.23. The third-order valence-corrected chi connectivity index (χ3v) is 4.48. The second-order valence-corrected chi connectivity index (χ2v) is 6.26. The van der Waals surface area contributed by atoms with Crippen LogP contribution in [0.5, 0.6) is 0 Å². The highest BCUT2D eigenvalue weighted by molar-refractivity contribution is 7.22. The first kappa shape index (κ1) is 15.0. The van der Waals surface area contributed by atoms with Crippen LogP contribution in [0.4, 0.5) is 5.13 Å². The molecule has 2 aromatic rings. The molecule has 0 aliphatic carbocycles. The van der Waals surface area contributed by atoms with Crippen LogP contribution in [0.25, 0.3) is 10.2 Å². The number of nitrogens with zero attached hydrogens (tertiary/aromatic N) is 1. The molecule has 1 atom stereocenters. The molecule has 1 aromatic carbocycles. The molecule has 0 aliphatic heterocycles. The largest absolute Gasteiger partial charge is 0.302 e. The first-order valence-corrected chi connectivity index (χ1v) is 8.13. The summed E-state index contributed by atoms with van der Waals surface area (Å²) in [7, 11) is 0. The van der Waals surface area contributed by atoms with Crippen molar-refractivity contribution in [1.29, 1.82) is 0 Å². The maximum Gasteiger partial charge on any atom is 0.229 e. The van der Waals surface area contributed by atoms with Crippen LogP contribution in [-0.4, -0.2) is 10.9 Å². The van der Waals surface area contributed by atoms with E-state index in [0.717, 1.165) is 35.9 Å². The maximum absolute atomic E-state index is 12.2. The fraction of sp³-hybridized carbons (Fsp3) is 0.500. The van der Waals surface area contributed by atoms with Crippen molar-refractivity contribution in [2.24, 2.45) is 5.92 Å². The first-order valence-electron chi connectivity index (χ1n) is 7.32. The molecule has 1 aromatic heterocycles. The molecular formula is C16H22N2OS. The van der Waals surface area contributed by atoms with E-state index in [4.69, 9.17) is 0 Å². The Kier molecular flexibility index (Phi) is 5.12. The number of carbonyl (C=O) groups excluding carboxylic acids is 1. The van der Waals surface area contributed by atoms with Gasteiger partial charge >= 0.3 is 0 Å². The van der Waals surface area contributed by atoms with Crippen LogP contribution in [0.15, 0.2) is 18.2 Å². The average Bonchev–Trinajstić information content (AvgIpc) is 2.80. The summed E-state index contributed by atoms with van der Waals surface area (Å²) in [4.78, 5) is 16.7. The minimum absolute atomic E-state index is 0.101. The Morgan fingerprint density at radius 1 is 1.40 bits per heavy atom. The Morgan fingerprint density at radius 2 is 2.20 bits per heavy atom. The number of fused-ring (bicyclic) bond motifs is 1. The number of aromatic nitrogens is 1. The van der Waals surface area contributed by atoms with Crippen LogP contribution in [0.1, 0.15) is 45.1 Å². The van der Waals surface area contributed by atoms with Gasteiger partial charge < -0.3 is 5.32 Å². The summed E-state index contributed by atoms with van der Waals surface area (Å²) < 4.78 is 1.13. The number of nitrogens with one attached hydrogen (secondary N) is 1. The van der Waals surface area contributed by atoms with E-state index in [2.05, 4.69) is 37.1 Å². The molecule has 3 nitrogen and oxygen atoms in total. The van der Waals surface area contributed by atoms with Gasteiger partial charge in [0.2, 0.25) is 5.91 Å². The zero-order chi connectivity index (χ0) is 14.5. The minimum Gasteiger partial charge on any atom is -0.302 e. The SMILES string of the molecule is CCCC[C@H](CC)C(=O)Nc1nc2ccc(C)cc2s1. The molecule has 0 spiro atoms. The van der Waals surface area contributed by atoms with Gasteiger partial charge in [0, 0.05) is 5.92 Å². The highest BCUT2D eigenvalue weighted by Gasteiger charge is 2.17. The number of carbonyl (C=O) groups is 1. The number of aryl methyl sites for hydroxylation is 1. The molecule has 0 saturated carbocycles. The van der Waals surface area contributed by atoms with E-state index in [1.807, 2.05) is 12.1 Å². The number of benzene rings is 1. The molecule has 1 amide bonds. The minimum atomic E-state index is 0.101. The Bertz CT molecular complexity index is 591. The zero-order valence-corrected chi connectivity index (χ0v) is 13.2. The molecule has 1 N–H and O–H groups in total. The lowest BCUT2D eigenvalue weighted by Gasteiger charge is -2.12. The number of hydrogen-bond donors (Lipinski definition) is 1. The molecule has 0 bridgehead atoms. The number of anilines is 1. The van der Waals surface area contributed by atoms with Crippen LogP contribution in [-0.2, 0) is 4.79 Å². The molecule has 20 heavy (non-hydrogen) atoms. The molecule has 0 radical (unpaired) electrons. The normalized spacial score (nSPS) is 12.6. The summed E-state index contributed by atoms with van der Waals surface area (Å²) in [5, 5.41) is 3.69. The van der Waals surface area contributed by atoms with E-state index in [1.54, 1.807) is 11.3 Å². The van der Waals surface area contributed by atoms with Gasteiger partial charge in [-0.25, -0.2) is 4.98 Å². The van der Waals surface area contributed by atoms with Gasteiger partial charge in [-0.1, -0.05) is 44.1 Å². The molecule has 2 rings (SSSR count). The highest BCUT2D eigenvalue weighted by Crippen LogP contribution is 2.27. The maximum atomic E-state index is 12.2. The van der Waals surface area contributed by atoms with Crippen molar-refractivity contribution in [3.63, 3.8) is 0 Å². The van der Waals surface area contributed by atoms with Crippen molar-refractivity contribution in [3.8, 4) is 0 Å². The summed E-state index contributed by atoms with van der Waals surface area (Å²) in [5.74, 6) is 0.209. The average molecular weight is 290 g/mol. The second kappa shape index (κ2) is 6.84. The van der Waals surface area contributed by atoms with Crippen molar-refractivity contribution in [3.05, 3.63) is 23.8 Å². The first-order chi connectivity index (χ1) is 9.63. The van der Waals surface area contributed by atoms with E-state index in [9.17, 15) is 4.79 Å². The summed E-state index contributed by atoms with van der Waals surface area (Å²) in [5.41, 5.74) is 2.17. The molecule has 108 valence electrons. The number of rotatable bonds is 6. The van der Waals surface area contributed by atoms with Crippen molar-refractivity contribution in [2.75, 3.05) is 5.32 Å². The smallest absolute Gasteiger partial charge is 0.229 e. The number of unbranched alkanes of at least 4 members (excludes halogenated alkanes) is 1. The third kappa shape index (κ3) is 3.57. The summed E-state index contributed by atoms with van der Waals surface area (Å²) in [6, 6.07) is 6.16. The molecule has 0 fully saturated rings. The molecule has 0 aliphatic rings. The molecule has 0 saturated heterocycles. The van der Waals surface area contributed by atoms with Gasteiger partial charge in [-0.3, -0.25) is 4.79 Å². The van der Waals surface area contributed by atoms with Gasteiger partial charge in [0.25, 0.3) is 0 Å². The zero-order valence-electron chi connectivity index (χ0n) is 12.4. The Hall–Kier alpha value is -1.42. The van der Waals surface area contributed by atoms with Crippen LogP contribution in [0, 0.1) is 12.8 Å². The van der Waals surface area contributed by atoms with Gasteiger partial charge in [0.15, 0.2) is 5.13 Å². The van der Waals surface area contributed by atoms with Gasteiger partial charge in [0.05, 0.1) is 10.2 Å². The lowest BCUT2D eigenvalue weighted by atomic mass is 9.99. The molecule has 1 heterocycles. The number of amides is 1. The van der Waals surface area contributed by atoms with Gasteiger partial charge in [-0.05, 0) is 37.5 Å². The Morgan fingerprint density at radius 3 is 2.90 bits per heavy atom. The molecule has 4 heteroatoms. The van der Waals surface area contributed by atoms with Crippen LogP contribution in [0.3, 0.4) is 0 Å². The Balaban J connectivity index is 2.08. The predicted molar refractivity (Wildman–Crippen MR) is 86.3 cm³/mol. The predicted octanol–water partition coefficient (Wildman–Crippen LogP) is 4.76. The lowest BCUT2D eigenvalue weighted by molar-refractivity contribution is -0.120. The summed E-state index contributed by atoms with van der Waals surface area (Å²) in [6.07, 6.45) is 4.08. The van der Waals surface area contributed by atoms with E-state index in [-0.39, 0.29) is 11.8 Å². The van der Waals surface area contributed by atoms with Crippen molar-refractivity contribution < 1.29 is 4.79 Å². The second-order valence-electron chi connectivity index (χ2n) is 5.23. The number of thiazole rings is 1. The van der Waals surface area contributed by atoms with Crippen LogP contribution >= 0.6 is 11.3 Å². The topological polar surface area (TPSA) is 42.0 Å². The summed E-state index contributed by atoms with van der Waals surface area (Å²) in [6.45, 7) is 6.29. The standard InChI is InChI=1S/C16H22N2OS/c1-4-6-7-12(5-2)15(19)18-16-17-13-9-8-11(3)10-14(13)20-16/h8-10,12H,4-7H2,1-3H3,(H,17,18,19)/t12-/m0/s1. The van der Waals surface area contributed by atoms with E-state index in [0.29, 0.717) is 5.13 Å². The molecule has 0 unspecified atom stereocenters. The van der Waals surface area contributed by atoms with Gasteiger partial charge in [0.1, 0.15) is 0 Å². The Labute approximate surface area is 124 Å². The van der Waals surface area contributed by atoms with Crippen molar-refractivity contribution >= 4 is 32.6 Å². The van der Waals surface area contributed by atoms with E-state index >= 15 is 0 Å². The van der Waals surface area contributed by atoms with Gasteiger partial charge in [-0.2, -0.15) is 0 Å². The monoisotopic (exact) mass is 290 g/mol. The van der Waals surface area contributed by atoms with Crippen molar-refractivity contribution in [2.45, 2.75) is 46.5 Å². The highest BCUT2D eigenvalue weighted by atomic mass is 32.1. The number of hydrogen-bond acceptors (Lipinski definition) is 3. The summed E-state index contributed by atoms with van der Waals surface area (Å²) >= 11 is 1.55. The quantitative estimate of drug-likeness (QED) is 0.833. The van der Waals surface area contributed by atoms with Crippen molar-refractivity contribution in [1.82, 2.24) is 4.98 Å². The fourth-order valence-electron chi connectivity index (χ4n) is 2.26.